The summed E-state index contributed by atoms with van der Waals surface area (Å²) in [5.41, 5.74) is 0. The van der Waals surface area contributed by atoms with Crippen molar-refractivity contribution in [2.45, 2.75) is 52.6 Å². The molecular weight excluding hydrogens is 258 g/mol. The van der Waals surface area contributed by atoms with E-state index in [1.54, 1.807) is 0 Å². The smallest absolute Gasteiger partial charge is 0.321 e. The first-order valence-corrected chi connectivity index (χ1v) is 7.25. The molecule has 112 valence electrons. The minimum Gasteiger partial charge on any atom is -0.480 e. The molecule has 0 radical (unpaired) electrons. The highest BCUT2D eigenvalue weighted by molar-refractivity contribution is 5.74. The average Bonchev–Trinajstić information content (AvgIpc) is 2.75. The SMILES string of the molecule is CC(C)Cc1nc(CN2CCCC(C)C2C(=O)O)no1. The van der Waals surface area contributed by atoms with Crippen molar-refractivity contribution in [3.8, 4) is 0 Å². The maximum atomic E-state index is 11.4. The monoisotopic (exact) mass is 281 g/mol. The zero-order valence-corrected chi connectivity index (χ0v) is 12.4. The quantitative estimate of drug-likeness (QED) is 0.888. The molecule has 6 heteroatoms. The molecule has 0 spiro atoms. The Balaban J connectivity index is 2.03. The van der Waals surface area contributed by atoms with Crippen molar-refractivity contribution in [3.05, 3.63) is 11.7 Å². The molecular formula is C14H23N3O3. The van der Waals surface area contributed by atoms with Gasteiger partial charge >= 0.3 is 5.97 Å². The first-order valence-electron chi connectivity index (χ1n) is 7.25. The van der Waals surface area contributed by atoms with Crippen LogP contribution in [0.4, 0.5) is 0 Å². The minimum atomic E-state index is -0.761. The predicted octanol–water partition coefficient (Wildman–Crippen LogP) is 1.95. The lowest BCUT2D eigenvalue weighted by Crippen LogP contribution is -2.48. The molecule has 1 aromatic rings. The molecule has 2 atom stereocenters. The first-order chi connectivity index (χ1) is 9.47. The van der Waals surface area contributed by atoms with Crippen LogP contribution in [0.1, 0.15) is 45.3 Å². The van der Waals surface area contributed by atoms with E-state index in [1.165, 1.54) is 0 Å². The summed E-state index contributed by atoms with van der Waals surface area (Å²) in [6.45, 7) is 7.40. The predicted molar refractivity (Wildman–Crippen MR) is 73.1 cm³/mol. The van der Waals surface area contributed by atoms with E-state index in [-0.39, 0.29) is 5.92 Å². The van der Waals surface area contributed by atoms with Crippen molar-refractivity contribution in [2.24, 2.45) is 11.8 Å². The van der Waals surface area contributed by atoms with Gasteiger partial charge < -0.3 is 9.63 Å². The van der Waals surface area contributed by atoms with Crippen LogP contribution >= 0.6 is 0 Å². The standard InChI is InChI=1S/C14H23N3O3/c1-9(2)7-12-15-11(16-20-12)8-17-6-4-5-10(3)13(17)14(18)19/h9-10,13H,4-8H2,1-3H3,(H,18,19). The number of likely N-dealkylation sites (tertiary alicyclic amines) is 1. The van der Waals surface area contributed by atoms with Crippen molar-refractivity contribution < 1.29 is 14.4 Å². The molecule has 1 saturated heterocycles. The number of piperidine rings is 1. The van der Waals surface area contributed by atoms with E-state index >= 15 is 0 Å². The van der Waals surface area contributed by atoms with E-state index < -0.39 is 12.0 Å². The number of nitrogens with zero attached hydrogens (tertiary/aromatic N) is 3. The van der Waals surface area contributed by atoms with Gasteiger partial charge in [0.15, 0.2) is 5.82 Å². The summed E-state index contributed by atoms with van der Waals surface area (Å²) in [5.74, 6) is 1.07. The summed E-state index contributed by atoms with van der Waals surface area (Å²) >= 11 is 0. The van der Waals surface area contributed by atoms with Gasteiger partial charge in [0.2, 0.25) is 5.89 Å². The molecule has 2 unspecified atom stereocenters. The number of carboxylic acid groups (broad SMARTS) is 1. The van der Waals surface area contributed by atoms with Crippen LogP contribution in [0.25, 0.3) is 0 Å². The molecule has 1 N–H and O–H groups in total. The topological polar surface area (TPSA) is 79.5 Å². The maximum Gasteiger partial charge on any atom is 0.321 e. The van der Waals surface area contributed by atoms with Crippen LogP contribution in [0.2, 0.25) is 0 Å². The average molecular weight is 281 g/mol. The zero-order valence-electron chi connectivity index (χ0n) is 12.4. The Morgan fingerprint density at radius 2 is 2.30 bits per heavy atom. The van der Waals surface area contributed by atoms with Crippen LogP contribution in [0.15, 0.2) is 4.52 Å². The molecule has 0 saturated carbocycles. The molecule has 2 rings (SSSR count). The van der Waals surface area contributed by atoms with Crippen LogP contribution in [0, 0.1) is 11.8 Å². The molecule has 0 bridgehead atoms. The molecule has 1 fully saturated rings. The van der Waals surface area contributed by atoms with Gasteiger partial charge in [-0.1, -0.05) is 25.9 Å². The van der Waals surface area contributed by atoms with E-state index in [9.17, 15) is 9.90 Å². The summed E-state index contributed by atoms with van der Waals surface area (Å²) in [5, 5.41) is 13.3. The Kier molecular flexibility index (Phi) is 4.75. The molecule has 1 aliphatic heterocycles. The van der Waals surface area contributed by atoms with Crippen molar-refractivity contribution in [2.75, 3.05) is 6.54 Å². The second kappa shape index (κ2) is 6.35. The van der Waals surface area contributed by atoms with Crippen LogP contribution in [-0.4, -0.2) is 38.7 Å². The van der Waals surface area contributed by atoms with Crippen LogP contribution in [0.3, 0.4) is 0 Å². The molecule has 0 amide bonds. The van der Waals surface area contributed by atoms with Gasteiger partial charge in [-0.05, 0) is 31.2 Å². The third-order valence-corrected chi connectivity index (χ3v) is 3.73. The van der Waals surface area contributed by atoms with E-state index in [0.29, 0.717) is 24.2 Å². The van der Waals surface area contributed by atoms with Gasteiger partial charge in [0, 0.05) is 6.42 Å². The second-order valence-corrected chi connectivity index (χ2v) is 6.08. The minimum absolute atomic E-state index is 0.156. The van der Waals surface area contributed by atoms with Crippen LogP contribution in [-0.2, 0) is 17.8 Å². The van der Waals surface area contributed by atoms with Gasteiger partial charge in [0.1, 0.15) is 6.04 Å². The normalized spacial score (nSPS) is 24.2. The summed E-state index contributed by atoms with van der Waals surface area (Å²) in [6, 6.07) is -0.448. The van der Waals surface area contributed by atoms with Gasteiger partial charge in [0.05, 0.1) is 6.54 Å². The Labute approximate surface area is 119 Å². The molecule has 2 heterocycles. The van der Waals surface area contributed by atoms with Crippen molar-refractivity contribution in [1.82, 2.24) is 15.0 Å². The fourth-order valence-electron chi connectivity index (χ4n) is 2.82. The number of rotatable bonds is 5. The van der Waals surface area contributed by atoms with Crippen molar-refractivity contribution >= 4 is 5.97 Å². The number of aliphatic carboxylic acids is 1. The first kappa shape index (κ1) is 15.0. The number of carbonyl (C=O) groups is 1. The number of hydrogen-bond acceptors (Lipinski definition) is 5. The fourth-order valence-corrected chi connectivity index (χ4v) is 2.82. The maximum absolute atomic E-state index is 11.4. The third-order valence-electron chi connectivity index (χ3n) is 3.73. The Bertz CT molecular complexity index is 458. The van der Waals surface area contributed by atoms with Crippen LogP contribution in [0.5, 0.6) is 0 Å². The zero-order chi connectivity index (χ0) is 14.7. The molecule has 0 aromatic carbocycles. The lowest BCUT2D eigenvalue weighted by Gasteiger charge is -2.36. The molecule has 1 aliphatic rings. The van der Waals surface area contributed by atoms with E-state index in [0.717, 1.165) is 25.8 Å². The molecule has 20 heavy (non-hydrogen) atoms. The van der Waals surface area contributed by atoms with Gasteiger partial charge in [-0.3, -0.25) is 9.69 Å². The number of hydrogen-bond donors (Lipinski definition) is 1. The van der Waals surface area contributed by atoms with Gasteiger partial charge in [-0.2, -0.15) is 4.98 Å². The van der Waals surface area contributed by atoms with Gasteiger partial charge in [-0.15, -0.1) is 0 Å². The van der Waals surface area contributed by atoms with E-state index in [1.807, 2.05) is 11.8 Å². The van der Waals surface area contributed by atoms with E-state index in [2.05, 4.69) is 24.0 Å². The highest BCUT2D eigenvalue weighted by Gasteiger charge is 2.34. The lowest BCUT2D eigenvalue weighted by molar-refractivity contribution is -0.147. The fraction of sp³-hybridized carbons (Fsp3) is 0.786. The van der Waals surface area contributed by atoms with E-state index in [4.69, 9.17) is 4.52 Å². The summed E-state index contributed by atoms with van der Waals surface area (Å²) < 4.78 is 5.20. The lowest BCUT2D eigenvalue weighted by atomic mass is 9.91. The highest BCUT2D eigenvalue weighted by Crippen LogP contribution is 2.24. The molecule has 1 aromatic heterocycles. The van der Waals surface area contributed by atoms with Crippen LogP contribution < -0.4 is 0 Å². The Morgan fingerprint density at radius 3 is 2.95 bits per heavy atom. The Morgan fingerprint density at radius 1 is 1.55 bits per heavy atom. The highest BCUT2D eigenvalue weighted by atomic mass is 16.5. The largest absolute Gasteiger partial charge is 0.480 e. The molecule has 0 aliphatic carbocycles. The number of carboxylic acids is 1. The number of aromatic nitrogens is 2. The third kappa shape index (κ3) is 3.56. The van der Waals surface area contributed by atoms with Crippen molar-refractivity contribution in [3.63, 3.8) is 0 Å². The molecule has 6 nitrogen and oxygen atoms in total. The summed E-state index contributed by atoms with van der Waals surface area (Å²) in [4.78, 5) is 17.7. The summed E-state index contributed by atoms with van der Waals surface area (Å²) in [6.07, 6.45) is 2.73. The van der Waals surface area contributed by atoms with Gasteiger partial charge in [0.25, 0.3) is 0 Å². The van der Waals surface area contributed by atoms with Gasteiger partial charge in [-0.25, -0.2) is 0 Å². The second-order valence-electron chi connectivity index (χ2n) is 6.08. The Hall–Kier alpha value is -1.43. The summed E-state index contributed by atoms with van der Waals surface area (Å²) in [7, 11) is 0. The van der Waals surface area contributed by atoms with Crippen molar-refractivity contribution in [1.29, 1.82) is 0 Å².